The van der Waals surface area contributed by atoms with Crippen LogP contribution >= 0.6 is 11.3 Å². The van der Waals surface area contributed by atoms with Crippen molar-refractivity contribution in [1.82, 2.24) is 10.2 Å². The Morgan fingerprint density at radius 3 is 2.33 bits per heavy atom. The standard InChI is InChI=1S/C22H30N2O2S/c25-20(24(19-1-2-19)13-15-4-6-27-14-15)3-5-23-21(26)22-10-16-7-17(11-22)9-18(8-16)12-22/h4,6,14,16-19H,1-3,5,7-13H2,(H,23,26). The third kappa shape index (κ3) is 3.55. The first-order valence-corrected chi connectivity index (χ1v) is 11.6. The Labute approximate surface area is 165 Å². The normalized spacial score (nSPS) is 33.9. The molecule has 1 heterocycles. The van der Waals surface area contributed by atoms with Crippen LogP contribution in [0.25, 0.3) is 0 Å². The Bertz CT molecular complexity index is 675. The number of carbonyl (C=O) groups excluding carboxylic acids is 2. The average molecular weight is 387 g/mol. The maximum atomic E-state index is 13.0. The molecule has 146 valence electrons. The van der Waals surface area contributed by atoms with Crippen molar-refractivity contribution in [2.24, 2.45) is 23.2 Å². The fourth-order valence-corrected chi connectivity index (χ4v) is 7.05. The summed E-state index contributed by atoms with van der Waals surface area (Å²) in [7, 11) is 0. The second-order valence-corrected chi connectivity index (χ2v) is 10.4. The maximum absolute atomic E-state index is 13.0. The van der Waals surface area contributed by atoms with Crippen LogP contribution in [0.5, 0.6) is 0 Å². The van der Waals surface area contributed by atoms with Gasteiger partial charge in [-0.1, -0.05) is 0 Å². The topological polar surface area (TPSA) is 49.4 Å². The molecule has 0 atom stereocenters. The van der Waals surface area contributed by atoms with Gasteiger partial charge in [-0.2, -0.15) is 11.3 Å². The first kappa shape index (κ1) is 17.7. The van der Waals surface area contributed by atoms with Crippen molar-refractivity contribution in [3.05, 3.63) is 22.4 Å². The molecule has 5 fully saturated rings. The molecule has 0 aromatic carbocycles. The Morgan fingerprint density at radius 1 is 1.11 bits per heavy atom. The van der Waals surface area contributed by atoms with Crippen LogP contribution < -0.4 is 5.32 Å². The van der Waals surface area contributed by atoms with E-state index in [1.807, 2.05) is 4.90 Å². The molecule has 4 bridgehead atoms. The molecule has 0 radical (unpaired) electrons. The van der Waals surface area contributed by atoms with E-state index in [1.54, 1.807) is 11.3 Å². The van der Waals surface area contributed by atoms with Crippen molar-refractivity contribution in [2.75, 3.05) is 6.54 Å². The summed E-state index contributed by atoms with van der Waals surface area (Å²) in [5.41, 5.74) is 1.11. The fourth-order valence-electron chi connectivity index (χ4n) is 6.39. The lowest BCUT2D eigenvalue weighted by Crippen LogP contribution is -2.53. The van der Waals surface area contributed by atoms with Gasteiger partial charge in [-0.15, -0.1) is 0 Å². The van der Waals surface area contributed by atoms with E-state index in [1.165, 1.54) is 24.8 Å². The van der Waals surface area contributed by atoms with Crippen LogP contribution in [0.15, 0.2) is 16.8 Å². The van der Waals surface area contributed by atoms with Gasteiger partial charge in [0.05, 0.1) is 0 Å². The van der Waals surface area contributed by atoms with E-state index >= 15 is 0 Å². The van der Waals surface area contributed by atoms with Crippen LogP contribution in [0.4, 0.5) is 0 Å². The van der Waals surface area contributed by atoms with Crippen molar-refractivity contribution >= 4 is 23.2 Å². The molecular formula is C22H30N2O2S. The van der Waals surface area contributed by atoms with E-state index in [9.17, 15) is 9.59 Å². The number of amides is 2. The first-order valence-electron chi connectivity index (χ1n) is 10.7. The molecule has 5 aliphatic carbocycles. The van der Waals surface area contributed by atoms with Crippen LogP contribution in [-0.2, 0) is 16.1 Å². The van der Waals surface area contributed by atoms with Gasteiger partial charge < -0.3 is 10.2 Å². The second kappa shape index (κ2) is 6.91. The van der Waals surface area contributed by atoms with Crippen LogP contribution in [0.2, 0.25) is 0 Å². The summed E-state index contributed by atoms with van der Waals surface area (Å²) < 4.78 is 0. The van der Waals surface area contributed by atoms with Crippen molar-refractivity contribution in [2.45, 2.75) is 70.4 Å². The maximum Gasteiger partial charge on any atom is 0.226 e. The highest BCUT2D eigenvalue weighted by atomic mass is 32.1. The second-order valence-electron chi connectivity index (χ2n) is 9.59. The molecule has 4 nitrogen and oxygen atoms in total. The molecular weight excluding hydrogens is 356 g/mol. The third-order valence-corrected chi connectivity index (χ3v) is 8.12. The Balaban J connectivity index is 1.15. The number of nitrogens with zero attached hydrogens (tertiary/aromatic N) is 1. The molecule has 1 aromatic heterocycles. The summed E-state index contributed by atoms with van der Waals surface area (Å²) in [6.45, 7) is 1.21. The fraction of sp³-hybridized carbons (Fsp3) is 0.727. The summed E-state index contributed by atoms with van der Waals surface area (Å²) in [4.78, 5) is 27.8. The summed E-state index contributed by atoms with van der Waals surface area (Å²) in [5.74, 6) is 2.76. The lowest BCUT2D eigenvalue weighted by molar-refractivity contribution is -0.146. The number of carbonyl (C=O) groups is 2. The monoisotopic (exact) mass is 386 g/mol. The molecule has 0 unspecified atom stereocenters. The van der Waals surface area contributed by atoms with Gasteiger partial charge in [-0.05, 0) is 91.5 Å². The lowest BCUT2D eigenvalue weighted by atomic mass is 9.49. The predicted octanol–water partition coefficient (Wildman–Crippen LogP) is 3.96. The van der Waals surface area contributed by atoms with E-state index < -0.39 is 0 Å². The van der Waals surface area contributed by atoms with Gasteiger partial charge in [0, 0.05) is 31.0 Å². The average Bonchev–Trinajstić information content (AvgIpc) is 3.34. The third-order valence-electron chi connectivity index (χ3n) is 7.39. The number of hydrogen-bond donors (Lipinski definition) is 1. The Hall–Kier alpha value is -1.36. The minimum Gasteiger partial charge on any atom is -0.355 e. The molecule has 6 rings (SSSR count). The van der Waals surface area contributed by atoms with E-state index in [-0.39, 0.29) is 17.2 Å². The molecule has 27 heavy (non-hydrogen) atoms. The van der Waals surface area contributed by atoms with Gasteiger partial charge in [0.15, 0.2) is 0 Å². The van der Waals surface area contributed by atoms with Crippen LogP contribution in [0, 0.1) is 23.2 Å². The minimum atomic E-state index is -0.106. The van der Waals surface area contributed by atoms with Gasteiger partial charge in [-0.3, -0.25) is 9.59 Å². The quantitative estimate of drug-likeness (QED) is 0.771. The van der Waals surface area contributed by atoms with Gasteiger partial charge in [0.2, 0.25) is 11.8 Å². The summed E-state index contributed by atoms with van der Waals surface area (Å²) in [6, 6.07) is 2.51. The van der Waals surface area contributed by atoms with Crippen molar-refractivity contribution < 1.29 is 9.59 Å². The van der Waals surface area contributed by atoms with Crippen molar-refractivity contribution in [3.63, 3.8) is 0 Å². The highest BCUT2D eigenvalue weighted by molar-refractivity contribution is 7.07. The zero-order valence-electron chi connectivity index (χ0n) is 16.0. The number of hydrogen-bond acceptors (Lipinski definition) is 3. The SMILES string of the molecule is O=C(CCNC(=O)C12CC3CC(CC(C3)C1)C2)N(Cc1ccsc1)C1CC1. The molecule has 2 amide bonds. The van der Waals surface area contributed by atoms with Crippen molar-refractivity contribution in [3.8, 4) is 0 Å². The number of nitrogens with one attached hydrogen (secondary N) is 1. The zero-order chi connectivity index (χ0) is 18.4. The lowest BCUT2D eigenvalue weighted by Gasteiger charge is -2.55. The molecule has 1 N–H and O–H groups in total. The molecule has 0 spiro atoms. The first-order chi connectivity index (χ1) is 13.1. The highest BCUT2D eigenvalue weighted by Crippen LogP contribution is 2.60. The minimum absolute atomic E-state index is 0.106. The highest BCUT2D eigenvalue weighted by Gasteiger charge is 2.54. The van der Waals surface area contributed by atoms with Crippen LogP contribution in [0.1, 0.15) is 63.4 Å². The summed E-state index contributed by atoms with van der Waals surface area (Å²) >= 11 is 1.68. The van der Waals surface area contributed by atoms with Gasteiger partial charge in [-0.25, -0.2) is 0 Å². The Kier molecular flexibility index (Phi) is 4.53. The van der Waals surface area contributed by atoms with Crippen LogP contribution in [-0.4, -0.2) is 29.3 Å². The van der Waals surface area contributed by atoms with E-state index in [0.29, 0.717) is 19.0 Å². The van der Waals surface area contributed by atoms with Gasteiger partial charge in [0.1, 0.15) is 0 Å². The molecule has 0 saturated heterocycles. The Morgan fingerprint density at radius 2 is 1.78 bits per heavy atom. The molecule has 5 aliphatic rings. The molecule has 1 aromatic rings. The van der Waals surface area contributed by atoms with E-state index in [4.69, 9.17) is 0 Å². The molecule has 5 heteroatoms. The summed E-state index contributed by atoms with van der Waals surface area (Å²) in [5, 5.41) is 7.35. The van der Waals surface area contributed by atoms with Crippen molar-refractivity contribution in [1.29, 1.82) is 0 Å². The smallest absolute Gasteiger partial charge is 0.226 e. The summed E-state index contributed by atoms with van der Waals surface area (Å²) in [6.07, 6.45) is 9.99. The van der Waals surface area contributed by atoms with E-state index in [2.05, 4.69) is 22.1 Å². The largest absolute Gasteiger partial charge is 0.355 e. The predicted molar refractivity (Wildman–Crippen MR) is 106 cm³/mol. The molecule has 0 aliphatic heterocycles. The van der Waals surface area contributed by atoms with Gasteiger partial charge in [0.25, 0.3) is 0 Å². The number of rotatable bonds is 7. The van der Waals surface area contributed by atoms with E-state index in [0.717, 1.165) is 56.4 Å². The van der Waals surface area contributed by atoms with Gasteiger partial charge >= 0.3 is 0 Å². The van der Waals surface area contributed by atoms with Crippen LogP contribution in [0.3, 0.4) is 0 Å². The zero-order valence-corrected chi connectivity index (χ0v) is 16.8. The number of thiophene rings is 1. The molecule has 5 saturated carbocycles.